The average Bonchev–Trinajstić information content (AvgIpc) is 2.64. The van der Waals surface area contributed by atoms with Gasteiger partial charge in [-0.3, -0.25) is 14.4 Å². The number of carbonyl (C=O) groups is 3. The molecule has 1 aromatic carbocycles. The van der Waals surface area contributed by atoms with Gasteiger partial charge in [-0.1, -0.05) is 46.8 Å². The van der Waals surface area contributed by atoms with Crippen molar-refractivity contribution in [3.63, 3.8) is 0 Å². The number of hydrogen-bond donors (Lipinski definition) is 1. The van der Waals surface area contributed by atoms with E-state index in [-0.39, 0.29) is 23.3 Å². The largest absolute Gasteiger partial charge is 0.340 e. The summed E-state index contributed by atoms with van der Waals surface area (Å²) >= 11 is 0. The van der Waals surface area contributed by atoms with E-state index in [9.17, 15) is 18.8 Å². The number of halogens is 1. The highest BCUT2D eigenvalue weighted by Gasteiger charge is 2.34. The van der Waals surface area contributed by atoms with E-state index < -0.39 is 23.2 Å². The number of hydrogen-bond acceptors (Lipinski definition) is 3. The minimum absolute atomic E-state index is 0.0628. The van der Waals surface area contributed by atoms with Gasteiger partial charge < -0.3 is 15.1 Å². The number of nitrogens with zero attached hydrogens (tertiary/aromatic N) is 2. The van der Waals surface area contributed by atoms with Gasteiger partial charge in [-0.05, 0) is 18.1 Å². The maximum Gasteiger partial charge on any atom is 0.254 e. The van der Waals surface area contributed by atoms with Crippen LogP contribution in [-0.2, 0) is 9.59 Å². The van der Waals surface area contributed by atoms with Crippen LogP contribution in [0.5, 0.6) is 0 Å². The molecule has 1 aromatic rings. The maximum absolute atomic E-state index is 13.9. The Balaban J connectivity index is 2.03. The van der Waals surface area contributed by atoms with Gasteiger partial charge in [0, 0.05) is 31.6 Å². The van der Waals surface area contributed by atoms with Gasteiger partial charge in [-0.25, -0.2) is 4.39 Å². The molecule has 28 heavy (non-hydrogen) atoms. The van der Waals surface area contributed by atoms with Gasteiger partial charge in [-0.15, -0.1) is 0 Å². The van der Waals surface area contributed by atoms with Gasteiger partial charge in [0.1, 0.15) is 11.9 Å². The Morgan fingerprint density at radius 2 is 1.54 bits per heavy atom. The molecule has 3 amide bonds. The van der Waals surface area contributed by atoms with Crippen molar-refractivity contribution in [2.45, 2.75) is 40.7 Å². The van der Waals surface area contributed by atoms with Crippen LogP contribution >= 0.6 is 0 Å². The van der Waals surface area contributed by atoms with Crippen molar-refractivity contribution >= 4 is 17.7 Å². The molecule has 0 aliphatic carbocycles. The molecule has 1 saturated heterocycles. The van der Waals surface area contributed by atoms with Crippen LogP contribution in [0.2, 0.25) is 0 Å². The third kappa shape index (κ3) is 5.09. The van der Waals surface area contributed by atoms with Crippen LogP contribution in [0.25, 0.3) is 0 Å². The molecule has 1 atom stereocenters. The standard InChI is InChI=1S/C21H30FN3O3/c1-14(2)17(23-18(26)15-8-6-7-9-16(15)22)19(27)24-10-12-25(13-11-24)20(28)21(3,4)5/h6-9,14,17H,10-13H2,1-5H3,(H,23,26). The fourth-order valence-corrected chi connectivity index (χ4v) is 3.18. The Labute approximate surface area is 166 Å². The summed E-state index contributed by atoms with van der Waals surface area (Å²) in [6.07, 6.45) is 0. The minimum Gasteiger partial charge on any atom is -0.340 e. The van der Waals surface area contributed by atoms with Crippen LogP contribution in [0.3, 0.4) is 0 Å². The topological polar surface area (TPSA) is 69.7 Å². The SMILES string of the molecule is CC(C)C(NC(=O)c1ccccc1F)C(=O)N1CCN(C(=O)C(C)(C)C)CC1. The molecule has 0 spiro atoms. The van der Waals surface area contributed by atoms with E-state index in [2.05, 4.69) is 5.32 Å². The van der Waals surface area contributed by atoms with Crippen molar-refractivity contribution in [2.75, 3.05) is 26.2 Å². The van der Waals surface area contributed by atoms with Crippen LogP contribution < -0.4 is 5.32 Å². The number of amides is 3. The van der Waals surface area contributed by atoms with Crippen LogP contribution in [0, 0.1) is 17.2 Å². The third-order valence-corrected chi connectivity index (χ3v) is 4.86. The molecular formula is C21H30FN3O3. The van der Waals surface area contributed by atoms with Gasteiger partial charge >= 0.3 is 0 Å². The Bertz CT molecular complexity index is 735. The lowest BCUT2D eigenvalue weighted by atomic mass is 9.94. The number of carbonyl (C=O) groups excluding carboxylic acids is 3. The Hall–Kier alpha value is -2.44. The first-order chi connectivity index (χ1) is 13.0. The first kappa shape index (κ1) is 21.9. The number of rotatable bonds is 4. The quantitative estimate of drug-likeness (QED) is 0.856. The molecule has 2 rings (SSSR count). The van der Waals surface area contributed by atoms with E-state index in [0.29, 0.717) is 26.2 Å². The fraction of sp³-hybridized carbons (Fsp3) is 0.571. The highest BCUT2D eigenvalue weighted by molar-refractivity contribution is 5.97. The molecule has 1 aliphatic heterocycles. The summed E-state index contributed by atoms with van der Waals surface area (Å²) in [5.41, 5.74) is -0.540. The molecule has 1 unspecified atom stereocenters. The summed E-state index contributed by atoms with van der Waals surface area (Å²) < 4.78 is 13.9. The molecule has 0 saturated carbocycles. The summed E-state index contributed by atoms with van der Waals surface area (Å²) in [4.78, 5) is 41.3. The Kier molecular flexibility index (Phi) is 6.80. The monoisotopic (exact) mass is 391 g/mol. The first-order valence-corrected chi connectivity index (χ1v) is 9.66. The van der Waals surface area contributed by atoms with Crippen LogP contribution in [0.1, 0.15) is 45.0 Å². The summed E-state index contributed by atoms with van der Waals surface area (Å²) in [5, 5.41) is 2.68. The molecule has 6 nitrogen and oxygen atoms in total. The third-order valence-electron chi connectivity index (χ3n) is 4.86. The lowest BCUT2D eigenvalue weighted by molar-refractivity contribution is -0.145. The predicted octanol–water partition coefficient (Wildman–Crippen LogP) is 2.30. The van der Waals surface area contributed by atoms with E-state index >= 15 is 0 Å². The van der Waals surface area contributed by atoms with Gasteiger partial charge in [-0.2, -0.15) is 0 Å². The van der Waals surface area contributed by atoms with Crippen LogP contribution in [0.4, 0.5) is 4.39 Å². The number of nitrogens with one attached hydrogen (secondary N) is 1. The molecular weight excluding hydrogens is 361 g/mol. The molecule has 0 aromatic heterocycles. The lowest BCUT2D eigenvalue weighted by Crippen LogP contribution is -2.58. The Morgan fingerprint density at radius 3 is 2.04 bits per heavy atom. The first-order valence-electron chi connectivity index (χ1n) is 9.66. The molecule has 1 heterocycles. The second-order valence-electron chi connectivity index (χ2n) is 8.54. The molecule has 0 bridgehead atoms. The van der Waals surface area contributed by atoms with E-state index in [4.69, 9.17) is 0 Å². The van der Waals surface area contributed by atoms with Gasteiger partial charge in [0.25, 0.3) is 5.91 Å². The van der Waals surface area contributed by atoms with Crippen molar-refractivity contribution in [2.24, 2.45) is 11.3 Å². The van der Waals surface area contributed by atoms with E-state index in [1.807, 2.05) is 34.6 Å². The van der Waals surface area contributed by atoms with Crippen molar-refractivity contribution in [3.8, 4) is 0 Å². The maximum atomic E-state index is 13.9. The highest BCUT2D eigenvalue weighted by atomic mass is 19.1. The van der Waals surface area contributed by atoms with E-state index in [1.54, 1.807) is 15.9 Å². The van der Waals surface area contributed by atoms with Crippen molar-refractivity contribution in [3.05, 3.63) is 35.6 Å². The van der Waals surface area contributed by atoms with E-state index in [1.165, 1.54) is 18.2 Å². The zero-order valence-electron chi connectivity index (χ0n) is 17.3. The summed E-state index contributed by atoms with van der Waals surface area (Å²) in [5.74, 6) is -1.52. The molecule has 1 fully saturated rings. The zero-order valence-corrected chi connectivity index (χ0v) is 17.3. The minimum atomic E-state index is -0.753. The lowest BCUT2D eigenvalue weighted by Gasteiger charge is -2.39. The second-order valence-corrected chi connectivity index (χ2v) is 8.54. The summed E-state index contributed by atoms with van der Waals surface area (Å²) in [7, 11) is 0. The van der Waals surface area contributed by atoms with Gasteiger partial charge in [0.15, 0.2) is 0 Å². The Morgan fingerprint density at radius 1 is 1.00 bits per heavy atom. The van der Waals surface area contributed by atoms with Crippen molar-refractivity contribution in [1.29, 1.82) is 0 Å². The van der Waals surface area contributed by atoms with Crippen LogP contribution in [-0.4, -0.2) is 59.7 Å². The summed E-state index contributed by atoms with van der Waals surface area (Å²) in [6.45, 7) is 11.1. The van der Waals surface area contributed by atoms with Crippen molar-refractivity contribution < 1.29 is 18.8 Å². The normalized spacial score (nSPS) is 16.1. The van der Waals surface area contributed by atoms with Gasteiger partial charge in [0.2, 0.25) is 11.8 Å². The second kappa shape index (κ2) is 8.71. The summed E-state index contributed by atoms with van der Waals surface area (Å²) in [6, 6.07) is 4.94. The smallest absolute Gasteiger partial charge is 0.254 e. The predicted molar refractivity (Wildman–Crippen MR) is 105 cm³/mol. The van der Waals surface area contributed by atoms with Gasteiger partial charge in [0.05, 0.1) is 5.56 Å². The van der Waals surface area contributed by atoms with Crippen molar-refractivity contribution in [1.82, 2.24) is 15.1 Å². The fourth-order valence-electron chi connectivity index (χ4n) is 3.18. The number of benzene rings is 1. The van der Waals surface area contributed by atoms with E-state index in [0.717, 1.165) is 0 Å². The average molecular weight is 391 g/mol. The zero-order chi connectivity index (χ0) is 21.1. The van der Waals surface area contributed by atoms with Crippen LogP contribution in [0.15, 0.2) is 24.3 Å². The number of piperazine rings is 1. The molecule has 7 heteroatoms. The molecule has 0 radical (unpaired) electrons. The molecule has 1 aliphatic rings. The molecule has 1 N–H and O–H groups in total. The molecule has 154 valence electrons. The highest BCUT2D eigenvalue weighted by Crippen LogP contribution is 2.19.